The van der Waals surface area contributed by atoms with Gasteiger partial charge in [-0.3, -0.25) is 14.4 Å². The molecular weight excluding hydrogens is 396 g/mol. The van der Waals surface area contributed by atoms with Crippen molar-refractivity contribution < 1.29 is 23.5 Å². The molecule has 0 aliphatic carbocycles. The average Bonchev–Trinajstić information content (AvgIpc) is 2.74. The lowest BCUT2D eigenvalue weighted by Gasteiger charge is -2.33. The number of carbonyl (C=O) groups is 3. The molecule has 2 atom stereocenters. The Hall–Kier alpha value is -1.01. The number of esters is 1. The lowest BCUT2D eigenvalue weighted by molar-refractivity contribution is -0.151. The van der Waals surface area contributed by atoms with Crippen LogP contribution in [0.4, 0.5) is 0 Å². The van der Waals surface area contributed by atoms with Crippen molar-refractivity contribution in [3.05, 3.63) is 0 Å². The van der Waals surface area contributed by atoms with Crippen LogP contribution < -0.4 is 0 Å². The summed E-state index contributed by atoms with van der Waals surface area (Å²) in [5, 5.41) is 0. The second-order valence-electron chi connectivity index (χ2n) is 8.78. The summed E-state index contributed by atoms with van der Waals surface area (Å²) in [6, 6.07) is 3.09. The lowest BCUT2D eigenvalue weighted by Crippen LogP contribution is -2.41. The van der Waals surface area contributed by atoms with E-state index in [1.807, 2.05) is 0 Å². The molecule has 0 radical (unpaired) electrons. The van der Waals surface area contributed by atoms with Crippen LogP contribution in [-0.2, 0) is 23.5 Å². The van der Waals surface area contributed by atoms with E-state index < -0.39 is 19.9 Å². The van der Waals surface area contributed by atoms with Gasteiger partial charge in [0.05, 0.1) is 12.5 Å². The van der Waals surface area contributed by atoms with Crippen molar-refractivity contribution in [3.8, 4) is 0 Å². The minimum atomic E-state index is -1.84. The van der Waals surface area contributed by atoms with E-state index in [-0.39, 0.29) is 37.4 Å². The van der Waals surface area contributed by atoms with Crippen LogP contribution in [-0.4, -0.2) is 38.1 Å². The van der Waals surface area contributed by atoms with Crippen LogP contribution in [0.5, 0.6) is 0 Å². The zero-order valence-corrected chi connectivity index (χ0v) is 20.8. The molecule has 1 fully saturated rings. The highest BCUT2D eigenvalue weighted by atomic mass is 28.4. The Kier molecular flexibility index (Phi) is 13.4. The molecule has 0 spiro atoms. The number of ketones is 2. The number of carbonyl (C=O) groups excluding carboxylic acids is 3. The van der Waals surface area contributed by atoms with Gasteiger partial charge < -0.3 is 9.16 Å². The highest BCUT2D eigenvalue weighted by Gasteiger charge is 2.33. The van der Waals surface area contributed by atoms with Crippen molar-refractivity contribution in [3.63, 3.8) is 0 Å². The van der Waals surface area contributed by atoms with E-state index >= 15 is 0 Å². The van der Waals surface area contributed by atoms with Crippen molar-refractivity contribution >= 4 is 25.9 Å². The first-order valence-electron chi connectivity index (χ1n) is 12.3. The molecule has 1 aliphatic rings. The van der Waals surface area contributed by atoms with Crippen molar-refractivity contribution in [2.75, 3.05) is 0 Å². The van der Waals surface area contributed by atoms with Crippen molar-refractivity contribution in [2.24, 2.45) is 0 Å². The normalized spacial score (nSPS) is 23.1. The van der Waals surface area contributed by atoms with Crippen LogP contribution in [0.3, 0.4) is 0 Å². The maximum absolute atomic E-state index is 12.5. The lowest BCUT2D eigenvalue weighted by atomic mass is 9.99. The van der Waals surface area contributed by atoms with Crippen molar-refractivity contribution in [1.82, 2.24) is 0 Å². The predicted octanol–water partition coefficient (Wildman–Crippen LogP) is 6.14. The third-order valence-electron chi connectivity index (χ3n) is 6.61. The first kappa shape index (κ1) is 27.0. The number of ether oxygens (including phenoxy) is 1. The van der Waals surface area contributed by atoms with Crippen molar-refractivity contribution in [1.29, 1.82) is 0 Å². The van der Waals surface area contributed by atoms with E-state index in [1.54, 1.807) is 0 Å². The Balaban J connectivity index is 2.81. The maximum Gasteiger partial charge on any atom is 0.306 e. The van der Waals surface area contributed by atoms with Gasteiger partial charge in [-0.1, -0.05) is 53.4 Å². The molecule has 0 N–H and O–H groups in total. The number of Topliss-reactive ketones (excluding diaryl/α,β-unsaturated/α-hetero) is 2. The van der Waals surface area contributed by atoms with Crippen LogP contribution in [0.25, 0.3) is 0 Å². The standard InChI is InChI=1S/C24H44O5Si/c1-5-9-11-14-20-15-12-10-13-16-21(29-30(6-2,7-3)8-4)19-23(26)22(25)17-18-24(27)28-20/h20-21H,5-19H2,1-4H3/t20-,21-/m1/s1. The Labute approximate surface area is 184 Å². The number of cyclic esters (lactones) is 1. The van der Waals surface area contributed by atoms with Crippen LogP contribution in [0.1, 0.15) is 105 Å². The summed E-state index contributed by atoms with van der Waals surface area (Å²) >= 11 is 0. The van der Waals surface area contributed by atoms with Crippen LogP contribution in [0.2, 0.25) is 18.1 Å². The fraction of sp³-hybridized carbons (Fsp3) is 0.875. The predicted molar refractivity (Wildman–Crippen MR) is 123 cm³/mol. The fourth-order valence-electron chi connectivity index (χ4n) is 4.28. The molecule has 0 amide bonds. The molecular formula is C24H44O5Si. The molecule has 0 saturated carbocycles. The smallest absolute Gasteiger partial charge is 0.306 e. The fourth-order valence-corrected chi connectivity index (χ4v) is 7.19. The third-order valence-corrected chi connectivity index (χ3v) is 11.3. The van der Waals surface area contributed by atoms with Gasteiger partial charge in [0.1, 0.15) is 6.10 Å². The molecule has 1 aliphatic heterocycles. The average molecular weight is 441 g/mol. The maximum atomic E-state index is 12.5. The first-order chi connectivity index (χ1) is 14.4. The minimum Gasteiger partial charge on any atom is -0.462 e. The van der Waals surface area contributed by atoms with E-state index in [2.05, 4.69) is 27.7 Å². The molecule has 0 aromatic carbocycles. The Morgan fingerprint density at radius 3 is 2.17 bits per heavy atom. The molecule has 0 aromatic heterocycles. The number of rotatable bonds is 9. The summed E-state index contributed by atoms with van der Waals surface area (Å²) in [6.07, 6.45) is 8.81. The summed E-state index contributed by atoms with van der Waals surface area (Å²) in [5.74, 6) is -1.20. The number of hydrogen-bond acceptors (Lipinski definition) is 5. The van der Waals surface area contributed by atoms with E-state index in [0.29, 0.717) is 0 Å². The van der Waals surface area contributed by atoms with Gasteiger partial charge in [-0.2, -0.15) is 0 Å². The van der Waals surface area contributed by atoms with E-state index in [1.165, 1.54) is 0 Å². The molecule has 1 saturated heterocycles. The quantitative estimate of drug-likeness (QED) is 0.186. The largest absolute Gasteiger partial charge is 0.462 e. The second-order valence-corrected chi connectivity index (χ2v) is 13.5. The van der Waals surface area contributed by atoms with Crippen molar-refractivity contribution in [2.45, 2.75) is 135 Å². The molecule has 1 rings (SSSR count). The highest BCUT2D eigenvalue weighted by molar-refractivity contribution is 6.73. The molecule has 30 heavy (non-hydrogen) atoms. The molecule has 1 heterocycles. The molecule has 174 valence electrons. The molecule has 0 aromatic rings. The van der Waals surface area contributed by atoms with Gasteiger partial charge in [0.2, 0.25) is 5.78 Å². The monoisotopic (exact) mass is 440 g/mol. The topological polar surface area (TPSA) is 69.7 Å². The van der Waals surface area contributed by atoms with Gasteiger partial charge in [0.25, 0.3) is 0 Å². The van der Waals surface area contributed by atoms with E-state index in [4.69, 9.17) is 9.16 Å². The molecule has 6 heteroatoms. The third kappa shape index (κ3) is 9.86. The summed E-state index contributed by atoms with van der Waals surface area (Å²) in [5.41, 5.74) is 0. The van der Waals surface area contributed by atoms with E-state index in [9.17, 15) is 14.4 Å². The van der Waals surface area contributed by atoms with Crippen LogP contribution >= 0.6 is 0 Å². The van der Waals surface area contributed by atoms with Gasteiger partial charge in [-0.05, 0) is 50.2 Å². The van der Waals surface area contributed by atoms with Gasteiger partial charge in [-0.25, -0.2) is 0 Å². The summed E-state index contributed by atoms with van der Waals surface area (Å²) in [4.78, 5) is 37.1. The number of hydrogen-bond donors (Lipinski definition) is 0. The second kappa shape index (κ2) is 14.9. The summed E-state index contributed by atoms with van der Waals surface area (Å²) in [7, 11) is -1.84. The van der Waals surface area contributed by atoms with Crippen LogP contribution in [0.15, 0.2) is 0 Å². The minimum absolute atomic E-state index is 0.00204. The summed E-state index contributed by atoms with van der Waals surface area (Å²) in [6.45, 7) is 8.70. The Morgan fingerprint density at radius 1 is 0.867 bits per heavy atom. The van der Waals surface area contributed by atoms with Crippen LogP contribution in [0, 0.1) is 0 Å². The molecule has 0 bridgehead atoms. The van der Waals surface area contributed by atoms with Gasteiger partial charge in [0.15, 0.2) is 14.1 Å². The van der Waals surface area contributed by atoms with Gasteiger partial charge >= 0.3 is 5.97 Å². The molecule has 5 nitrogen and oxygen atoms in total. The highest BCUT2D eigenvalue weighted by Crippen LogP contribution is 2.27. The zero-order chi connectivity index (χ0) is 22.4. The number of unbranched alkanes of at least 4 members (excludes halogenated alkanes) is 2. The summed E-state index contributed by atoms with van der Waals surface area (Å²) < 4.78 is 12.2. The Morgan fingerprint density at radius 2 is 1.53 bits per heavy atom. The zero-order valence-electron chi connectivity index (χ0n) is 19.8. The van der Waals surface area contributed by atoms with Gasteiger partial charge in [-0.15, -0.1) is 0 Å². The van der Waals surface area contributed by atoms with Gasteiger partial charge in [0, 0.05) is 12.8 Å². The Bertz CT molecular complexity index is 521. The molecule has 0 unspecified atom stereocenters. The SMILES string of the molecule is CCCCC[C@@H]1CCCCC[C@@H](O[Si](CC)(CC)CC)CC(=O)C(=O)CCC(=O)O1. The van der Waals surface area contributed by atoms with E-state index in [0.717, 1.165) is 75.9 Å². The first-order valence-corrected chi connectivity index (χ1v) is 14.9.